The monoisotopic (exact) mass is 377 g/mol. The van der Waals surface area contributed by atoms with Crippen molar-refractivity contribution in [3.05, 3.63) is 47.5 Å². The maximum absolute atomic E-state index is 11.7. The van der Waals surface area contributed by atoms with Gasteiger partial charge in [-0.1, -0.05) is 30.8 Å². The van der Waals surface area contributed by atoms with Gasteiger partial charge in [0, 0.05) is 18.7 Å². The second-order valence-electron chi connectivity index (χ2n) is 5.70. The Hall–Kier alpha value is -3.07. The number of carbonyl (C=O) groups is 2. The van der Waals surface area contributed by atoms with Crippen molar-refractivity contribution in [3.63, 3.8) is 0 Å². The predicted molar refractivity (Wildman–Crippen MR) is 103 cm³/mol. The number of nitrogens with zero attached hydrogens (tertiary/aromatic N) is 1. The van der Waals surface area contributed by atoms with Crippen LogP contribution >= 0.6 is 0 Å². The Kier molecular flexibility index (Phi) is 10.0. The molecule has 0 spiro atoms. The molecule has 148 valence electrons. The van der Waals surface area contributed by atoms with Crippen molar-refractivity contribution in [2.45, 2.75) is 20.0 Å². The van der Waals surface area contributed by atoms with Gasteiger partial charge in [-0.25, -0.2) is 14.6 Å². The van der Waals surface area contributed by atoms with Crippen LogP contribution < -0.4 is 22.1 Å². The van der Waals surface area contributed by atoms with E-state index in [1.807, 2.05) is 24.3 Å². The van der Waals surface area contributed by atoms with Gasteiger partial charge in [0.05, 0.1) is 19.8 Å². The van der Waals surface area contributed by atoms with E-state index in [4.69, 9.17) is 20.9 Å². The molecule has 9 nitrogen and oxygen atoms in total. The summed E-state index contributed by atoms with van der Waals surface area (Å²) in [5, 5.41) is 5.42. The van der Waals surface area contributed by atoms with E-state index in [1.165, 1.54) is 0 Å². The van der Waals surface area contributed by atoms with Crippen LogP contribution in [0.5, 0.6) is 0 Å². The lowest BCUT2D eigenvalue weighted by atomic mass is 10.1. The van der Waals surface area contributed by atoms with Crippen molar-refractivity contribution in [3.8, 4) is 0 Å². The van der Waals surface area contributed by atoms with Gasteiger partial charge in [-0.05, 0) is 18.1 Å². The first-order chi connectivity index (χ1) is 12.9. The van der Waals surface area contributed by atoms with Crippen LogP contribution in [0.15, 0.2) is 41.4 Å². The average molecular weight is 377 g/mol. The third-order valence-electron chi connectivity index (χ3n) is 3.26. The smallest absolute Gasteiger partial charge is 0.333 e. The molecule has 27 heavy (non-hydrogen) atoms. The molecule has 0 saturated heterocycles. The van der Waals surface area contributed by atoms with Gasteiger partial charge >= 0.3 is 12.0 Å². The Labute approximate surface area is 158 Å². The summed E-state index contributed by atoms with van der Waals surface area (Å²) < 4.78 is 10.1. The lowest BCUT2D eigenvalue weighted by Crippen LogP contribution is -2.37. The highest BCUT2D eigenvalue weighted by molar-refractivity contribution is 5.86. The van der Waals surface area contributed by atoms with Crippen LogP contribution in [0.2, 0.25) is 0 Å². The van der Waals surface area contributed by atoms with Crippen LogP contribution in [0.25, 0.3) is 0 Å². The maximum Gasteiger partial charge on any atom is 0.333 e. The zero-order valence-electron chi connectivity index (χ0n) is 15.5. The average Bonchev–Trinajstić information content (AvgIpc) is 2.64. The molecule has 9 heteroatoms. The first kappa shape index (κ1) is 22.0. The Balaban J connectivity index is 2.11. The van der Waals surface area contributed by atoms with Gasteiger partial charge in [0.1, 0.15) is 6.61 Å². The number of nitrogens with one attached hydrogen (secondary N) is 2. The number of urea groups is 1. The molecule has 2 amide bonds. The van der Waals surface area contributed by atoms with Crippen LogP contribution in [0.3, 0.4) is 0 Å². The Morgan fingerprint density at radius 1 is 1.07 bits per heavy atom. The Morgan fingerprint density at radius 2 is 1.74 bits per heavy atom. The Morgan fingerprint density at radius 3 is 2.37 bits per heavy atom. The van der Waals surface area contributed by atoms with Gasteiger partial charge in [0.25, 0.3) is 0 Å². The number of aliphatic imine (C=N–C) groups is 1. The molecule has 0 aliphatic heterocycles. The molecule has 6 N–H and O–H groups in total. The van der Waals surface area contributed by atoms with E-state index < -0.39 is 5.97 Å². The van der Waals surface area contributed by atoms with Gasteiger partial charge in [0.2, 0.25) is 0 Å². The molecule has 0 bridgehead atoms. The molecule has 1 rings (SSSR count). The highest BCUT2D eigenvalue weighted by Gasteiger charge is 2.03. The van der Waals surface area contributed by atoms with Crippen LogP contribution in [-0.2, 0) is 27.4 Å². The topological polar surface area (TPSA) is 141 Å². The molecule has 0 atom stereocenters. The number of guanidine groups is 1. The summed E-state index contributed by atoms with van der Waals surface area (Å²) in [7, 11) is 0. The molecule has 0 aromatic heterocycles. The van der Waals surface area contributed by atoms with Crippen molar-refractivity contribution in [2.75, 3.05) is 26.4 Å². The number of nitrogens with two attached hydrogens (primary N) is 2. The van der Waals surface area contributed by atoms with Crippen molar-refractivity contribution in [2.24, 2.45) is 16.5 Å². The molecule has 0 saturated carbocycles. The first-order valence-corrected chi connectivity index (χ1v) is 8.43. The minimum absolute atomic E-state index is 0.0502. The van der Waals surface area contributed by atoms with E-state index in [9.17, 15) is 9.59 Å². The second kappa shape index (κ2) is 12.3. The zero-order chi connectivity index (χ0) is 20.1. The van der Waals surface area contributed by atoms with E-state index in [0.717, 1.165) is 11.1 Å². The third-order valence-corrected chi connectivity index (χ3v) is 3.26. The predicted octanol–water partition coefficient (Wildman–Crippen LogP) is 0.395. The number of rotatable bonds is 11. The largest absolute Gasteiger partial charge is 0.460 e. The number of amides is 2. The fourth-order valence-corrected chi connectivity index (χ4v) is 1.85. The summed E-state index contributed by atoms with van der Waals surface area (Å²) in [6.07, 6.45) is 0. The minimum atomic E-state index is -0.444. The number of carbonyl (C=O) groups excluding carboxylic acids is 2. The van der Waals surface area contributed by atoms with Crippen LogP contribution in [0.1, 0.15) is 18.1 Å². The van der Waals surface area contributed by atoms with Crippen molar-refractivity contribution >= 4 is 18.0 Å². The standard InChI is InChI=1S/C18H27N5O4/c1-13(2)16(24)27-10-9-26-8-7-21-18(25)23-12-15-5-3-14(4-6-15)11-22-17(19)20/h3-6H,1,7-12H2,2H3,(H4,19,20,22)(H2,21,23,25). The normalized spacial score (nSPS) is 9.96. The molecule has 0 aliphatic rings. The SMILES string of the molecule is C=C(C)C(=O)OCCOCCNC(=O)NCc1ccc(CN=C(N)N)cc1. The molecule has 0 aliphatic carbocycles. The molecule has 0 heterocycles. The second-order valence-corrected chi connectivity index (χ2v) is 5.70. The van der Waals surface area contributed by atoms with Gasteiger partial charge in [-0.15, -0.1) is 0 Å². The number of hydrogen-bond acceptors (Lipinski definition) is 5. The van der Waals surface area contributed by atoms with E-state index in [0.29, 0.717) is 31.8 Å². The lowest BCUT2D eigenvalue weighted by Gasteiger charge is -2.09. The fraction of sp³-hybridized carbons (Fsp3) is 0.389. The summed E-state index contributed by atoms with van der Waals surface area (Å²) >= 11 is 0. The van der Waals surface area contributed by atoms with Gasteiger partial charge < -0.3 is 31.6 Å². The Bertz CT molecular complexity index is 654. The van der Waals surface area contributed by atoms with Gasteiger partial charge in [0.15, 0.2) is 5.96 Å². The highest BCUT2D eigenvalue weighted by Crippen LogP contribution is 2.05. The number of benzene rings is 1. The van der Waals surface area contributed by atoms with Crippen molar-refractivity contribution < 1.29 is 19.1 Å². The molecule has 0 unspecified atom stereocenters. The molecular formula is C18H27N5O4. The fourth-order valence-electron chi connectivity index (χ4n) is 1.85. The van der Waals surface area contributed by atoms with E-state index in [2.05, 4.69) is 22.2 Å². The van der Waals surface area contributed by atoms with E-state index in [-0.39, 0.29) is 25.2 Å². The van der Waals surface area contributed by atoms with E-state index >= 15 is 0 Å². The number of ether oxygens (including phenoxy) is 2. The van der Waals surface area contributed by atoms with Crippen molar-refractivity contribution in [1.82, 2.24) is 10.6 Å². The molecule has 1 aromatic rings. The molecular weight excluding hydrogens is 350 g/mol. The number of esters is 1. The van der Waals surface area contributed by atoms with Gasteiger partial charge in [-0.2, -0.15) is 0 Å². The first-order valence-electron chi connectivity index (χ1n) is 8.43. The van der Waals surface area contributed by atoms with E-state index in [1.54, 1.807) is 6.92 Å². The summed E-state index contributed by atoms with van der Waals surface area (Å²) in [5.41, 5.74) is 12.9. The number of hydrogen-bond donors (Lipinski definition) is 4. The van der Waals surface area contributed by atoms with Gasteiger partial charge in [-0.3, -0.25) is 0 Å². The quantitative estimate of drug-likeness (QED) is 0.145. The summed E-state index contributed by atoms with van der Waals surface area (Å²) in [6.45, 7) is 6.94. The lowest BCUT2D eigenvalue weighted by molar-refractivity contribution is -0.140. The van der Waals surface area contributed by atoms with Crippen LogP contribution in [0, 0.1) is 0 Å². The summed E-state index contributed by atoms with van der Waals surface area (Å²) in [5.74, 6) is -0.394. The molecule has 0 fully saturated rings. The minimum Gasteiger partial charge on any atom is -0.460 e. The highest BCUT2D eigenvalue weighted by atomic mass is 16.6. The van der Waals surface area contributed by atoms with Crippen LogP contribution in [-0.4, -0.2) is 44.3 Å². The molecule has 1 aromatic carbocycles. The van der Waals surface area contributed by atoms with Crippen molar-refractivity contribution in [1.29, 1.82) is 0 Å². The van der Waals surface area contributed by atoms with Crippen LogP contribution in [0.4, 0.5) is 4.79 Å². The summed E-state index contributed by atoms with van der Waals surface area (Å²) in [6, 6.07) is 7.29. The maximum atomic E-state index is 11.7. The third kappa shape index (κ3) is 10.5. The zero-order valence-corrected chi connectivity index (χ0v) is 15.5. The molecule has 0 radical (unpaired) electrons. The summed E-state index contributed by atoms with van der Waals surface area (Å²) in [4.78, 5) is 26.8.